The summed E-state index contributed by atoms with van der Waals surface area (Å²) in [6.07, 6.45) is 6.76. The van der Waals surface area contributed by atoms with Gasteiger partial charge in [0.1, 0.15) is 13.2 Å². The van der Waals surface area contributed by atoms with Crippen LogP contribution in [-0.2, 0) is 5.41 Å². The van der Waals surface area contributed by atoms with Gasteiger partial charge in [0.05, 0.1) is 0 Å². The van der Waals surface area contributed by atoms with Gasteiger partial charge in [-0.05, 0) is 30.5 Å². The first-order valence-corrected chi connectivity index (χ1v) is 7.48. The van der Waals surface area contributed by atoms with Crippen LogP contribution in [0.4, 0.5) is 0 Å². The van der Waals surface area contributed by atoms with Crippen molar-refractivity contribution in [3.05, 3.63) is 35.9 Å². The highest BCUT2D eigenvalue weighted by Crippen LogP contribution is 2.41. The number of ether oxygens (including phenoxy) is 2. The predicted octanol–water partition coefficient (Wildman–Crippen LogP) is 3.04. The summed E-state index contributed by atoms with van der Waals surface area (Å²) >= 11 is 0. The standard InChI is InChI=1S/C17H23NO2/c1-13(2)18-12-17(7-3-4-8-17)14-5-6-15-16(11-14)20-10-9-19-15/h3-6,11,13,18H,7-10,12H2,1-2H3. The van der Waals surface area contributed by atoms with Gasteiger partial charge in [-0.2, -0.15) is 0 Å². The molecule has 0 unspecified atom stereocenters. The lowest BCUT2D eigenvalue weighted by atomic mass is 9.78. The minimum absolute atomic E-state index is 0.167. The molecule has 1 heterocycles. The summed E-state index contributed by atoms with van der Waals surface area (Å²) < 4.78 is 11.3. The Labute approximate surface area is 121 Å². The van der Waals surface area contributed by atoms with Crippen LogP contribution >= 0.6 is 0 Å². The van der Waals surface area contributed by atoms with E-state index in [2.05, 4.69) is 49.5 Å². The fourth-order valence-electron chi connectivity index (χ4n) is 2.96. The van der Waals surface area contributed by atoms with Crippen molar-refractivity contribution in [1.29, 1.82) is 0 Å². The maximum absolute atomic E-state index is 5.73. The zero-order valence-electron chi connectivity index (χ0n) is 12.3. The number of benzene rings is 1. The zero-order chi connectivity index (χ0) is 14.0. The number of rotatable bonds is 4. The lowest BCUT2D eigenvalue weighted by Crippen LogP contribution is -2.39. The van der Waals surface area contributed by atoms with Gasteiger partial charge in [-0.25, -0.2) is 0 Å². The Kier molecular flexibility index (Phi) is 3.70. The fraction of sp³-hybridized carbons (Fsp3) is 0.529. The molecular weight excluding hydrogens is 250 g/mol. The topological polar surface area (TPSA) is 30.5 Å². The third-order valence-electron chi connectivity index (χ3n) is 4.19. The number of hydrogen-bond acceptors (Lipinski definition) is 3. The molecule has 0 amide bonds. The quantitative estimate of drug-likeness (QED) is 0.855. The minimum atomic E-state index is 0.167. The van der Waals surface area contributed by atoms with E-state index in [-0.39, 0.29) is 5.41 Å². The molecule has 0 bridgehead atoms. The molecule has 0 fully saturated rings. The molecule has 0 saturated carbocycles. The van der Waals surface area contributed by atoms with E-state index in [1.165, 1.54) is 5.56 Å². The van der Waals surface area contributed by atoms with Crippen LogP contribution < -0.4 is 14.8 Å². The average molecular weight is 273 g/mol. The van der Waals surface area contributed by atoms with Gasteiger partial charge in [0.2, 0.25) is 0 Å². The monoisotopic (exact) mass is 273 g/mol. The Morgan fingerprint density at radius 2 is 1.80 bits per heavy atom. The van der Waals surface area contributed by atoms with Gasteiger partial charge in [0.15, 0.2) is 11.5 Å². The van der Waals surface area contributed by atoms with Crippen molar-refractivity contribution in [1.82, 2.24) is 5.32 Å². The molecule has 1 aliphatic heterocycles. The zero-order valence-corrected chi connectivity index (χ0v) is 12.3. The summed E-state index contributed by atoms with van der Waals surface area (Å²) in [5, 5.41) is 3.59. The summed E-state index contributed by atoms with van der Waals surface area (Å²) in [5.74, 6) is 1.77. The molecule has 3 nitrogen and oxygen atoms in total. The van der Waals surface area contributed by atoms with Crippen molar-refractivity contribution in [3.63, 3.8) is 0 Å². The Hall–Kier alpha value is -1.48. The first-order valence-electron chi connectivity index (χ1n) is 7.48. The highest BCUT2D eigenvalue weighted by atomic mass is 16.6. The van der Waals surface area contributed by atoms with E-state index >= 15 is 0 Å². The van der Waals surface area contributed by atoms with E-state index in [9.17, 15) is 0 Å². The van der Waals surface area contributed by atoms with E-state index in [0.717, 1.165) is 30.9 Å². The first-order chi connectivity index (χ1) is 9.70. The van der Waals surface area contributed by atoms with Gasteiger partial charge in [-0.15, -0.1) is 0 Å². The highest BCUT2D eigenvalue weighted by Gasteiger charge is 2.33. The maximum atomic E-state index is 5.73. The molecule has 0 spiro atoms. The molecule has 0 saturated heterocycles. The molecule has 20 heavy (non-hydrogen) atoms. The summed E-state index contributed by atoms with van der Waals surface area (Å²) in [6, 6.07) is 6.93. The van der Waals surface area contributed by atoms with Crippen LogP contribution in [0.2, 0.25) is 0 Å². The van der Waals surface area contributed by atoms with Crippen LogP contribution in [0.3, 0.4) is 0 Å². The molecule has 1 aliphatic carbocycles. The fourth-order valence-corrected chi connectivity index (χ4v) is 2.96. The largest absolute Gasteiger partial charge is 0.486 e. The average Bonchev–Trinajstić information content (AvgIpc) is 2.95. The number of allylic oxidation sites excluding steroid dienone is 2. The van der Waals surface area contributed by atoms with Gasteiger partial charge >= 0.3 is 0 Å². The Balaban J connectivity index is 1.87. The summed E-state index contributed by atoms with van der Waals surface area (Å²) in [6.45, 7) is 6.68. The van der Waals surface area contributed by atoms with Crippen molar-refractivity contribution >= 4 is 0 Å². The molecule has 2 aliphatic rings. The third-order valence-corrected chi connectivity index (χ3v) is 4.19. The van der Waals surface area contributed by atoms with Crippen LogP contribution in [-0.4, -0.2) is 25.8 Å². The third kappa shape index (κ3) is 2.55. The van der Waals surface area contributed by atoms with Crippen LogP contribution in [0.1, 0.15) is 32.3 Å². The van der Waals surface area contributed by atoms with Crippen molar-refractivity contribution in [2.75, 3.05) is 19.8 Å². The number of fused-ring (bicyclic) bond motifs is 1. The molecule has 0 atom stereocenters. The molecule has 1 aromatic carbocycles. The summed E-state index contributed by atoms with van der Waals surface area (Å²) in [5.41, 5.74) is 1.51. The normalized spacial score (nSPS) is 19.6. The van der Waals surface area contributed by atoms with Crippen LogP contribution in [0.5, 0.6) is 11.5 Å². The van der Waals surface area contributed by atoms with Crippen molar-refractivity contribution in [2.24, 2.45) is 0 Å². The molecule has 3 rings (SSSR count). The molecule has 0 aromatic heterocycles. The lowest BCUT2D eigenvalue weighted by molar-refractivity contribution is 0.171. The van der Waals surface area contributed by atoms with E-state index < -0.39 is 0 Å². The highest BCUT2D eigenvalue weighted by molar-refractivity contribution is 5.47. The first kappa shape index (κ1) is 13.5. The maximum Gasteiger partial charge on any atom is 0.161 e. The molecular formula is C17H23NO2. The van der Waals surface area contributed by atoms with E-state index in [0.29, 0.717) is 19.3 Å². The van der Waals surface area contributed by atoms with Crippen LogP contribution in [0.15, 0.2) is 30.4 Å². The van der Waals surface area contributed by atoms with E-state index in [4.69, 9.17) is 9.47 Å². The summed E-state index contributed by atoms with van der Waals surface area (Å²) in [4.78, 5) is 0. The smallest absolute Gasteiger partial charge is 0.161 e. The Morgan fingerprint density at radius 1 is 1.10 bits per heavy atom. The molecule has 1 aromatic rings. The predicted molar refractivity (Wildman–Crippen MR) is 80.6 cm³/mol. The molecule has 3 heteroatoms. The van der Waals surface area contributed by atoms with Crippen molar-refractivity contribution in [3.8, 4) is 11.5 Å². The SMILES string of the molecule is CC(C)NCC1(c2ccc3c(c2)OCCO3)CC=CC1. The Bertz CT molecular complexity index is 500. The van der Waals surface area contributed by atoms with Crippen molar-refractivity contribution in [2.45, 2.75) is 38.1 Å². The lowest BCUT2D eigenvalue weighted by Gasteiger charge is -2.32. The minimum Gasteiger partial charge on any atom is -0.486 e. The van der Waals surface area contributed by atoms with Crippen LogP contribution in [0, 0.1) is 0 Å². The second-order valence-electron chi connectivity index (χ2n) is 6.05. The molecule has 108 valence electrons. The number of nitrogens with one attached hydrogen (secondary N) is 1. The van der Waals surface area contributed by atoms with Gasteiger partial charge in [-0.3, -0.25) is 0 Å². The van der Waals surface area contributed by atoms with Crippen molar-refractivity contribution < 1.29 is 9.47 Å². The number of hydrogen-bond donors (Lipinski definition) is 1. The van der Waals surface area contributed by atoms with Gasteiger partial charge in [0.25, 0.3) is 0 Å². The van der Waals surface area contributed by atoms with Crippen LogP contribution in [0.25, 0.3) is 0 Å². The summed E-state index contributed by atoms with van der Waals surface area (Å²) in [7, 11) is 0. The molecule has 1 N–H and O–H groups in total. The Morgan fingerprint density at radius 3 is 2.50 bits per heavy atom. The van der Waals surface area contributed by atoms with Gasteiger partial charge in [0, 0.05) is 18.0 Å². The van der Waals surface area contributed by atoms with E-state index in [1.54, 1.807) is 0 Å². The second kappa shape index (κ2) is 5.49. The molecule has 0 radical (unpaired) electrons. The van der Waals surface area contributed by atoms with E-state index in [1.807, 2.05) is 0 Å². The van der Waals surface area contributed by atoms with Gasteiger partial charge in [-0.1, -0.05) is 32.1 Å². The van der Waals surface area contributed by atoms with Gasteiger partial charge < -0.3 is 14.8 Å². The second-order valence-corrected chi connectivity index (χ2v) is 6.05.